The normalized spacial score (nSPS) is 12.8. The van der Waals surface area contributed by atoms with E-state index in [1.807, 2.05) is 48.7 Å². The number of ether oxygens (including phenoxy) is 1. The van der Waals surface area contributed by atoms with Crippen LogP contribution in [0.4, 0.5) is 8.78 Å². The third-order valence-electron chi connectivity index (χ3n) is 7.24. The van der Waals surface area contributed by atoms with Crippen LogP contribution in [0.1, 0.15) is 54.5 Å². The Kier molecular flexibility index (Phi) is 10.9. The number of aliphatic carboxylic acids is 1. The summed E-state index contributed by atoms with van der Waals surface area (Å²) in [4.78, 5) is 25.1. The quantitative estimate of drug-likeness (QED) is 0.141. The third-order valence-corrected chi connectivity index (χ3v) is 7.24. The van der Waals surface area contributed by atoms with Gasteiger partial charge in [0.05, 0.1) is 25.7 Å². The van der Waals surface area contributed by atoms with Crippen LogP contribution in [-0.4, -0.2) is 51.1 Å². The maximum Gasteiger partial charge on any atom is 0.305 e. The van der Waals surface area contributed by atoms with E-state index in [1.165, 1.54) is 37.5 Å². The Hall–Kier alpha value is -4.80. The number of carbonyl (C=O) groups is 2. The number of carboxylic acids is 1. The van der Waals surface area contributed by atoms with Gasteiger partial charge in [0.2, 0.25) is 0 Å². The van der Waals surface area contributed by atoms with Gasteiger partial charge < -0.3 is 29.9 Å². The summed E-state index contributed by atoms with van der Waals surface area (Å²) in [7, 11) is 1.37. The predicted molar refractivity (Wildman–Crippen MR) is 168 cm³/mol. The number of aliphatic hydroxyl groups is 2. The highest BCUT2D eigenvalue weighted by molar-refractivity contribution is 6.06. The average Bonchev–Trinajstić information content (AvgIpc) is 3.35. The highest BCUT2D eigenvalue weighted by atomic mass is 19.1. The topological polar surface area (TPSA) is 121 Å². The summed E-state index contributed by atoms with van der Waals surface area (Å²) in [6.45, 7) is 3.81. The number of benzene rings is 3. The van der Waals surface area contributed by atoms with Gasteiger partial charge in [0.15, 0.2) is 11.6 Å². The van der Waals surface area contributed by atoms with Crippen molar-refractivity contribution >= 4 is 18.0 Å². The third kappa shape index (κ3) is 8.03. The maximum atomic E-state index is 14.4. The molecule has 3 aromatic carbocycles. The molecule has 0 fully saturated rings. The zero-order valence-corrected chi connectivity index (χ0v) is 25.2. The molecule has 0 aliphatic heterocycles. The van der Waals surface area contributed by atoms with Crippen molar-refractivity contribution in [2.24, 2.45) is 0 Å². The maximum absolute atomic E-state index is 14.4. The first-order valence-electron chi connectivity index (χ1n) is 14.5. The Balaban J connectivity index is 1.89. The van der Waals surface area contributed by atoms with E-state index in [0.717, 1.165) is 0 Å². The van der Waals surface area contributed by atoms with Crippen LogP contribution in [0, 0.1) is 11.6 Å². The summed E-state index contributed by atoms with van der Waals surface area (Å²) in [5.41, 5.74) is 3.84. The number of amides is 1. The Morgan fingerprint density at radius 3 is 2.22 bits per heavy atom. The number of carbonyl (C=O) groups excluding carboxylic acids is 1. The number of hydrogen-bond acceptors (Lipinski definition) is 5. The summed E-state index contributed by atoms with van der Waals surface area (Å²) < 4.78 is 35.2. The summed E-state index contributed by atoms with van der Waals surface area (Å²) in [5.74, 6) is -2.54. The van der Waals surface area contributed by atoms with E-state index in [0.29, 0.717) is 39.2 Å². The van der Waals surface area contributed by atoms with Gasteiger partial charge in [-0.1, -0.05) is 54.6 Å². The average molecular weight is 619 g/mol. The summed E-state index contributed by atoms with van der Waals surface area (Å²) in [6, 6.07) is 19.2. The Morgan fingerprint density at radius 2 is 1.62 bits per heavy atom. The molecule has 0 aliphatic carbocycles. The van der Waals surface area contributed by atoms with Crippen molar-refractivity contribution in [2.75, 3.05) is 7.11 Å². The van der Waals surface area contributed by atoms with E-state index in [4.69, 9.17) is 9.84 Å². The molecule has 0 unspecified atom stereocenters. The fraction of sp³-hybridized carbons (Fsp3) is 0.257. The van der Waals surface area contributed by atoms with Gasteiger partial charge in [0, 0.05) is 35.8 Å². The zero-order chi connectivity index (χ0) is 32.7. The SMILES string of the molecule is COc1ccc(CNC(=O)c2c(-c3ccccc3)c(-c3ccc(F)cc3)c(/C=C/[C@@H](O)C[C@@H](O)CC(=O)O)n2C(C)C)cc1F. The Morgan fingerprint density at radius 1 is 0.956 bits per heavy atom. The van der Waals surface area contributed by atoms with Gasteiger partial charge in [-0.2, -0.15) is 0 Å². The number of carboxylic acid groups (broad SMARTS) is 1. The van der Waals surface area contributed by atoms with Crippen LogP contribution in [0.25, 0.3) is 28.3 Å². The second kappa shape index (κ2) is 14.8. The van der Waals surface area contributed by atoms with Crippen LogP contribution in [0.2, 0.25) is 0 Å². The molecular weight excluding hydrogens is 582 g/mol. The fourth-order valence-corrected chi connectivity index (χ4v) is 5.26. The van der Waals surface area contributed by atoms with Crippen molar-refractivity contribution in [3.05, 3.63) is 107 Å². The Labute approximate surface area is 260 Å². The number of methoxy groups -OCH3 is 1. The second-order valence-corrected chi connectivity index (χ2v) is 10.9. The molecule has 10 heteroatoms. The first kappa shape index (κ1) is 33.1. The lowest BCUT2D eigenvalue weighted by molar-refractivity contribution is -0.139. The predicted octanol–water partition coefficient (Wildman–Crippen LogP) is 6.22. The minimum atomic E-state index is -1.26. The molecule has 236 valence electrons. The molecule has 0 radical (unpaired) electrons. The number of nitrogens with one attached hydrogen (secondary N) is 1. The summed E-state index contributed by atoms with van der Waals surface area (Å²) >= 11 is 0. The molecule has 1 amide bonds. The largest absolute Gasteiger partial charge is 0.494 e. The molecule has 2 atom stereocenters. The van der Waals surface area contributed by atoms with Crippen molar-refractivity contribution in [3.8, 4) is 28.0 Å². The fourth-order valence-electron chi connectivity index (χ4n) is 5.26. The lowest BCUT2D eigenvalue weighted by atomic mass is 9.94. The summed E-state index contributed by atoms with van der Waals surface area (Å²) in [6.07, 6.45) is -0.136. The van der Waals surface area contributed by atoms with Gasteiger partial charge in [-0.25, -0.2) is 8.78 Å². The van der Waals surface area contributed by atoms with E-state index >= 15 is 0 Å². The number of aliphatic hydroxyl groups excluding tert-OH is 2. The lowest BCUT2D eigenvalue weighted by Crippen LogP contribution is -2.27. The standard InChI is InChI=1S/C35H36F2N2O6/c1-21(2)39-29(15-14-26(40)18-27(41)19-31(42)43)32(24-10-12-25(36)13-11-24)33(23-7-5-4-6-8-23)34(39)35(44)38-20-22-9-16-30(45-3)28(37)17-22/h4-17,21,26-27,40-41H,18-20H2,1-3H3,(H,38,44)(H,42,43)/b15-14+/t26-,27-/m1/s1. The molecule has 4 rings (SSSR count). The second-order valence-electron chi connectivity index (χ2n) is 10.9. The molecule has 0 aliphatic rings. The highest BCUT2D eigenvalue weighted by Gasteiger charge is 2.29. The van der Waals surface area contributed by atoms with Crippen molar-refractivity contribution in [1.82, 2.24) is 9.88 Å². The van der Waals surface area contributed by atoms with E-state index in [2.05, 4.69) is 5.32 Å². The van der Waals surface area contributed by atoms with E-state index in [1.54, 1.807) is 24.3 Å². The zero-order valence-electron chi connectivity index (χ0n) is 25.2. The number of aromatic nitrogens is 1. The molecular formula is C35H36F2N2O6. The number of nitrogens with zero attached hydrogens (tertiary/aromatic N) is 1. The smallest absolute Gasteiger partial charge is 0.305 e. The van der Waals surface area contributed by atoms with Gasteiger partial charge in [0.1, 0.15) is 11.5 Å². The number of rotatable bonds is 13. The Bertz CT molecular complexity index is 1670. The van der Waals surface area contributed by atoms with Gasteiger partial charge in [-0.3, -0.25) is 9.59 Å². The monoisotopic (exact) mass is 618 g/mol. The molecule has 4 N–H and O–H groups in total. The van der Waals surface area contributed by atoms with Gasteiger partial charge in [-0.15, -0.1) is 0 Å². The molecule has 4 aromatic rings. The molecule has 0 bridgehead atoms. The van der Waals surface area contributed by atoms with Crippen molar-refractivity contribution in [2.45, 2.75) is 51.5 Å². The minimum Gasteiger partial charge on any atom is -0.494 e. The van der Waals surface area contributed by atoms with Crippen LogP contribution >= 0.6 is 0 Å². The van der Waals surface area contributed by atoms with E-state index < -0.39 is 42.1 Å². The molecule has 0 spiro atoms. The highest BCUT2D eigenvalue weighted by Crippen LogP contribution is 2.42. The van der Waals surface area contributed by atoms with E-state index in [9.17, 15) is 28.6 Å². The van der Waals surface area contributed by atoms with Crippen LogP contribution in [0.15, 0.2) is 78.9 Å². The molecule has 1 heterocycles. The molecule has 0 saturated carbocycles. The van der Waals surface area contributed by atoms with Crippen molar-refractivity contribution in [3.63, 3.8) is 0 Å². The molecule has 8 nitrogen and oxygen atoms in total. The van der Waals surface area contributed by atoms with Crippen molar-refractivity contribution < 1.29 is 38.4 Å². The van der Waals surface area contributed by atoms with Gasteiger partial charge in [0.25, 0.3) is 5.91 Å². The van der Waals surface area contributed by atoms with E-state index in [-0.39, 0.29) is 24.8 Å². The van der Waals surface area contributed by atoms with Crippen molar-refractivity contribution in [1.29, 1.82) is 0 Å². The first-order valence-corrected chi connectivity index (χ1v) is 14.5. The number of hydrogen-bond donors (Lipinski definition) is 4. The summed E-state index contributed by atoms with van der Waals surface area (Å²) in [5, 5.41) is 32.6. The van der Waals surface area contributed by atoms with Crippen LogP contribution in [0.5, 0.6) is 5.75 Å². The van der Waals surface area contributed by atoms with Gasteiger partial charge >= 0.3 is 5.97 Å². The lowest BCUT2D eigenvalue weighted by Gasteiger charge is -2.17. The molecule has 1 aromatic heterocycles. The number of halogens is 2. The molecule has 45 heavy (non-hydrogen) atoms. The van der Waals surface area contributed by atoms with Crippen LogP contribution in [0.3, 0.4) is 0 Å². The molecule has 0 saturated heterocycles. The van der Waals surface area contributed by atoms with Gasteiger partial charge in [-0.05, 0) is 60.9 Å². The minimum absolute atomic E-state index is 0.0223. The first-order chi connectivity index (χ1) is 21.5. The van der Waals surface area contributed by atoms with Crippen LogP contribution in [-0.2, 0) is 11.3 Å². The van der Waals surface area contributed by atoms with Crippen LogP contribution < -0.4 is 10.1 Å².